The average molecular weight is 560 g/mol. The van der Waals surface area contributed by atoms with Crippen molar-refractivity contribution in [2.24, 2.45) is 23.0 Å². The molecule has 7 N–H and O–H groups in total. The minimum Gasteiger partial charge on any atom is -0.508 e. The maximum absolute atomic E-state index is 16.2. The van der Waals surface area contributed by atoms with Crippen LogP contribution in [0.25, 0.3) is 5.76 Å². The van der Waals surface area contributed by atoms with Crippen LogP contribution in [0.3, 0.4) is 0 Å². The molecule has 3 aliphatic rings. The first-order valence-electron chi connectivity index (χ1n) is 13.2. The summed E-state index contributed by atoms with van der Waals surface area (Å²) in [6.45, 7) is 10.2. The van der Waals surface area contributed by atoms with Gasteiger partial charge in [0.05, 0.1) is 11.6 Å². The lowest BCUT2D eigenvalue weighted by molar-refractivity contribution is -0.153. The number of fused-ring (bicyclic) bond motifs is 3. The van der Waals surface area contributed by atoms with Gasteiger partial charge in [0, 0.05) is 34.7 Å². The van der Waals surface area contributed by atoms with Gasteiger partial charge in [-0.25, -0.2) is 4.39 Å². The molecule has 218 valence electrons. The quantitative estimate of drug-likeness (QED) is 0.295. The molecule has 1 aromatic rings. The Labute approximate surface area is 232 Å². The molecule has 10 nitrogen and oxygen atoms in total. The Kier molecular flexibility index (Phi) is 6.97. The number of benzene rings is 1. The Bertz CT molecular complexity index is 1390. The van der Waals surface area contributed by atoms with Crippen LogP contribution in [-0.2, 0) is 26.3 Å². The van der Waals surface area contributed by atoms with Crippen molar-refractivity contribution in [3.05, 3.63) is 45.5 Å². The molecule has 0 heterocycles. The van der Waals surface area contributed by atoms with E-state index in [4.69, 9.17) is 5.73 Å². The van der Waals surface area contributed by atoms with Gasteiger partial charge in [0.1, 0.15) is 28.7 Å². The fourth-order valence-electron chi connectivity index (χ4n) is 6.32. The first-order valence-corrected chi connectivity index (χ1v) is 13.2. The number of phenolic OH excluding ortho intramolecular Hbond substituents is 1. The summed E-state index contributed by atoms with van der Waals surface area (Å²) in [5.74, 6) is -8.36. The standard InChI is InChI=1S/C29H38FN3O7/c1-27(2,3)11-32-28(4,5)14-10-16(34)18-13(20(14)30)8-12-9-15-21(33(6)7)23(36)19(26(31)39)25(38)29(15,40)24(37)17(12)22(18)35/h10,12,15,21,32,34-35,38,40H,8-9,11H2,1-7H3,(H2,31,39)/t12-,15-,21-,29-/m0/s1. The topological polar surface area (TPSA) is 173 Å². The van der Waals surface area contributed by atoms with Crippen molar-refractivity contribution < 1.29 is 39.2 Å². The fourth-order valence-corrected chi connectivity index (χ4v) is 6.32. The Morgan fingerprint density at radius 3 is 2.30 bits per heavy atom. The second-order valence-electron chi connectivity index (χ2n) is 13.1. The van der Waals surface area contributed by atoms with Crippen molar-refractivity contribution >= 4 is 23.2 Å². The lowest BCUT2D eigenvalue weighted by Crippen LogP contribution is -2.65. The number of primary amides is 1. The van der Waals surface area contributed by atoms with Gasteiger partial charge in [-0.05, 0) is 58.2 Å². The van der Waals surface area contributed by atoms with E-state index in [2.05, 4.69) is 5.32 Å². The van der Waals surface area contributed by atoms with Gasteiger partial charge in [0.25, 0.3) is 5.91 Å². The number of aliphatic hydroxyl groups is 3. The van der Waals surface area contributed by atoms with E-state index in [9.17, 15) is 34.8 Å². The first-order chi connectivity index (χ1) is 18.3. The molecule has 4 atom stereocenters. The molecular weight excluding hydrogens is 521 g/mol. The Hall–Kier alpha value is -3.28. The molecular formula is C29H38FN3O7. The number of phenols is 1. The second-order valence-corrected chi connectivity index (χ2v) is 13.1. The third kappa shape index (κ3) is 4.31. The van der Waals surface area contributed by atoms with Crippen LogP contribution in [-0.4, -0.2) is 75.1 Å². The third-order valence-electron chi connectivity index (χ3n) is 8.39. The van der Waals surface area contributed by atoms with Gasteiger partial charge in [0.15, 0.2) is 11.4 Å². The largest absolute Gasteiger partial charge is 0.508 e. The number of aliphatic hydroxyl groups excluding tert-OH is 2. The number of carbonyl (C=O) groups is 3. The van der Waals surface area contributed by atoms with Gasteiger partial charge < -0.3 is 31.5 Å². The van der Waals surface area contributed by atoms with E-state index in [1.54, 1.807) is 13.8 Å². The van der Waals surface area contributed by atoms with Crippen LogP contribution in [0, 0.1) is 23.1 Å². The zero-order chi connectivity index (χ0) is 30.3. The molecule has 11 heteroatoms. The number of Topliss-reactive ketones (excluding diaryl/α,β-unsaturated/α-hetero) is 2. The van der Waals surface area contributed by atoms with Crippen LogP contribution in [0.1, 0.15) is 57.7 Å². The van der Waals surface area contributed by atoms with Gasteiger partial charge in [-0.2, -0.15) is 0 Å². The summed E-state index contributed by atoms with van der Waals surface area (Å²) in [6, 6.07) is -0.00193. The number of nitrogens with zero attached hydrogens (tertiary/aromatic N) is 1. The summed E-state index contributed by atoms with van der Waals surface area (Å²) in [5, 5.41) is 48.1. The highest BCUT2D eigenvalue weighted by atomic mass is 19.1. The van der Waals surface area contributed by atoms with Crippen molar-refractivity contribution in [1.29, 1.82) is 0 Å². The van der Waals surface area contributed by atoms with Crippen molar-refractivity contribution in [3.63, 3.8) is 0 Å². The van der Waals surface area contributed by atoms with Crippen LogP contribution in [0.4, 0.5) is 4.39 Å². The van der Waals surface area contributed by atoms with Gasteiger partial charge in [-0.3, -0.25) is 19.3 Å². The van der Waals surface area contributed by atoms with E-state index in [-0.39, 0.29) is 40.5 Å². The molecule has 0 radical (unpaired) electrons. The summed E-state index contributed by atoms with van der Waals surface area (Å²) in [7, 11) is 3.04. The molecule has 1 fully saturated rings. The first kappa shape index (κ1) is 29.7. The Morgan fingerprint density at radius 1 is 1.18 bits per heavy atom. The highest BCUT2D eigenvalue weighted by Crippen LogP contribution is 2.53. The van der Waals surface area contributed by atoms with Gasteiger partial charge in [-0.15, -0.1) is 0 Å². The van der Waals surface area contributed by atoms with E-state index in [1.165, 1.54) is 25.1 Å². The highest BCUT2D eigenvalue weighted by molar-refractivity contribution is 6.24. The van der Waals surface area contributed by atoms with E-state index < -0.39 is 75.1 Å². The number of halogens is 1. The number of likely N-dealkylation sites (N-methyl/N-ethyl adjacent to an activating group) is 1. The molecule has 1 saturated carbocycles. The van der Waals surface area contributed by atoms with Crippen LogP contribution in [0.5, 0.6) is 5.75 Å². The van der Waals surface area contributed by atoms with E-state index in [0.717, 1.165) is 0 Å². The monoisotopic (exact) mass is 559 g/mol. The minimum atomic E-state index is -2.74. The average Bonchev–Trinajstić information content (AvgIpc) is 2.81. The molecule has 0 bridgehead atoms. The summed E-state index contributed by atoms with van der Waals surface area (Å²) in [4.78, 5) is 40.5. The predicted octanol–water partition coefficient (Wildman–Crippen LogP) is 1.97. The van der Waals surface area contributed by atoms with Crippen molar-refractivity contribution in [2.75, 3.05) is 20.6 Å². The zero-order valence-electron chi connectivity index (χ0n) is 23.8. The van der Waals surface area contributed by atoms with Gasteiger partial charge >= 0.3 is 0 Å². The van der Waals surface area contributed by atoms with Crippen molar-refractivity contribution in [2.45, 2.75) is 64.6 Å². The van der Waals surface area contributed by atoms with E-state index in [1.807, 2.05) is 20.8 Å². The molecule has 3 aliphatic carbocycles. The maximum Gasteiger partial charge on any atom is 0.255 e. The number of aromatic hydroxyl groups is 1. The Morgan fingerprint density at radius 2 is 1.77 bits per heavy atom. The summed E-state index contributed by atoms with van der Waals surface area (Å²) < 4.78 is 16.2. The SMILES string of the molecule is CN(C)[C@@H]1C(=O)C(C(N)=O)=C(O)[C@@]2(O)C(=O)C3=C(O)c4c(O)cc(C(C)(C)NCC(C)(C)C)c(F)c4C[C@H]3C[C@@H]12. The van der Waals surface area contributed by atoms with Gasteiger partial charge in [-0.1, -0.05) is 20.8 Å². The zero-order valence-corrected chi connectivity index (χ0v) is 23.8. The molecule has 0 aliphatic heterocycles. The maximum atomic E-state index is 16.2. The van der Waals surface area contributed by atoms with Crippen LogP contribution in [0.15, 0.2) is 23.0 Å². The second kappa shape index (κ2) is 9.39. The van der Waals surface area contributed by atoms with E-state index in [0.29, 0.717) is 6.54 Å². The molecule has 0 aromatic heterocycles. The minimum absolute atomic E-state index is 0.00579. The Balaban J connectivity index is 1.90. The van der Waals surface area contributed by atoms with Gasteiger partial charge in [0.2, 0.25) is 5.78 Å². The summed E-state index contributed by atoms with van der Waals surface area (Å²) in [5.41, 5.74) is 0.288. The normalized spacial score (nSPS) is 27.1. The number of rotatable bonds is 5. The lowest BCUT2D eigenvalue weighted by Gasteiger charge is -2.50. The fraction of sp³-hybridized carbons (Fsp3) is 0.552. The van der Waals surface area contributed by atoms with Crippen LogP contribution < -0.4 is 11.1 Å². The van der Waals surface area contributed by atoms with Crippen LogP contribution in [0.2, 0.25) is 0 Å². The van der Waals surface area contributed by atoms with E-state index >= 15 is 4.39 Å². The molecule has 1 amide bonds. The van der Waals surface area contributed by atoms with Crippen LogP contribution >= 0.6 is 0 Å². The molecule has 40 heavy (non-hydrogen) atoms. The smallest absolute Gasteiger partial charge is 0.255 e. The molecule has 1 aromatic carbocycles. The molecule has 0 spiro atoms. The number of hydrogen-bond donors (Lipinski definition) is 6. The summed E-state index contributed by atoms with van der Waals surface area (Å²) >= 11 is 0. The molecule has 4 rings (SSSR count). The van der Waals surface area contributed by atoms with Crippen molar-refractivity contribution in [1.82, 2.24) is 10.2 Å². The number of carbonyl (C=O) groups excluding carboxylic acids is 3. The third-order valence-corrected chi connectivity index (χ3v) is 8.39. The number of nitrogens with one attached hydrogen (secondary N) is 1. The molecule has 0 unspecified atom stereocenters. The molecule has 0 saturated heterocycles. The lowest BCUT2D eigenvalue weighted by atomic mass is 9.57. The number of amides is 1. The number of nitrogens with two attached hydrogens (primary N) is 1. The highest BCUT2D eigenvalue weighted by Gasteiger charge is 2.64. The summed E-state index contributed by atoms with van der Waals surface area (Å²) in [6.07, 6.45) is -0.223. The number of hydrogen-bond acceptors (Lipinski definition) is 9. The van der Waals surface area contributed by atoms with Crippen molar-refractivity contribution in [3.8, 4) is 5.75 Å². The predicted molar refractivity (Wildman–Crippen MR) is 145 cm³/mol. The number of ketones is 2.